The average molecular weight is 276 g/mol. The Labute approximate surface area is 121 Å². The molecule has 0 spiro atoms. The van der Waals surface area contributed by atoms with Crippen LogP contribution in [0.5, 0.6) is 0 Å². The molecular formula is C16H24N2O2. The molecule has 1 heterocycles. The van der Waals surface area contributed by atoms with Crippen molar-refractivity contribution in [2.24, 2.45) is 0 Å². The van der Waals surface area contributed by atoms with Crippen LogP contribution in [0.3, 0.4) is 0 Å². The highest BCUT2D eigenvalue weighted by Crippen LogP contribution is 2.20. The monoisotopic (exact) mass is 276 g/mol. The maximum atomic E-state index is 12.5. The molecule has 0 aliphatic carbocycles. The highest BCUT2D eigenvalue weighted by Gasteiger charge is 2.24. The molecule has 0 aromatic heterocycles. The number of nitrogens with one attached hydrogen (secondary N) is 1. The van der Waals surface area contributed by atoms with Crippen LogP contribution in [0.4, 0.5) is 5.69 Å². The average Bonchev–Trinajstić information content (AvgIpc) is 2.49. The Balaban J connectivity index is 2.10. The second-order valence-electron chi connectivity index (χ2n) is 5.31. The molecule has 1 N–H and O–H groups in total. The van der Waals surface area contributed by atoms with Gasteiger partial charge in [-0.15, -0.1) is 0 Å². The predicted molar refractivity (Wildman–Crippen MR) is 81.3 cm³/mol. The van der Waals surface area contributed by atoms with Gasteiger partial charge < -0.3 is 15.0 Å². The topological polar surface area (TPSA) is 41.6 Å². The summed E-state index contributed by atoms with van der Waals surface area (Å²) in [6.45, 7) is 6.51. The van der Waals surface area contributed by atoms with Crippen molar-refractivity contribution in [3.63, 3.8) is 0 Å². The summed E-state index contributed by atoms with van der Waals surface area (Å²) in [5, 5.41) is 3.29. The summed E-state index contributed by atoms with van der Waals surface area (Å²) in [7, 11) is 1.72. The highest BCUT2D eigenvalue weighted by molar-refractivity contribution is 5.95. The van der Waals surface area contributed by atoms with Crippen LogP contribution in [-0.4, -0.2) is 43.7 Å². The lowest BCUT2D eigenvalue weighted by atomic mass is 10.0. The van der Waals surface area contributed by atoms with Gasteiger partial charge in [0.25, 0.3) is 5.91 Å². The zero-order valence-corrected chi connectivity index (χ0v) is 12.6. The predicted octanol–water partition coefficient (Wildman–Crippen LogP) is 2.68. The number of hydrogen-bond acceptors (Lipinski definition) is 3. The number of ether oxygens (including phenoxy) is 1. The SMILES string of the molecule is CCNc1ccc(C(=O)N2CCCC(OC)C2)cc1C. The van der Waals surface area contributed by atoms with Gasteiger partial charge in [0, 0.05) is 38.0 Å². The van der Waals surface area contributed by atoms with Gasteiger partial charge in [0.1, 0.15) is 0 Å². The molecule has 110 valence electrons. The number of carbonyl (C=O) groups is 1. The Hall–Kier alpha value is -1.55. The molecule has 0 bridgehead atoms. The first kappa shape index (κ1) is 14.9. The number of rotatable bonds is 4. The van der Waals surface area contributed by atoms with Crippen molar-refractivity contribution >= 4 is 11.6 Å². The van der Waals surface area contributed by atoms with E-state index >= 15 is 0 Å². The van der Waals surface area contributed by atoms with Gasteiger partial charge in [0.2, 0.25) is 0 Å². The van der Waals surface area contributed by atoms with E-state index in [1.807, 2.05) is 30.0 Å². The molecule has 4 nitrogen and oxygen atoms in total. The summed E-state index contributed by atoms with van der Waals surface area (Å²) in [6, 6.07) is 5.87. The fourth-order valence-electron chi connectivity index (χ4n) is 2.68. The summed E-state index contributed by atoms with van der Waals surface area (Å²) in [6.07, 6.45) is 2.23. The van der Waals surface area contributed by atoms with Gasteiger partial charge in [-0.2, -0.15) is 0 Å². The van der Waals surface area contributed by atoms with Gasteiger partial charge in [0.15, 0.2) is 0 Å². The molecule has 0 saturated carbocycles. The fraction of sp³-hybridized carbons (Fsp3) is 0.562. The van der Waals surface area contributed by atoms with E-state index in [0.29, 0.717) is 6.54 Å². The van der Waals surface area contributed by atoms with Crippen molar-refractivity contribution in [3.05, 3.63) is 29.3 Å². The highest BCUT2D eigenvalue weighted by atomic mass is 16.5. The largest absolute Gasteiger partial charge is 0.385 e. The van der Waals surface area contributed by atoms with Crippen molar-refractivity contribution in [1.82, 2.24) is 4.90 Å². The Kier molecular flexibility index (Phi) is 5.01. The molecule has 1 fully saturated rings. The van der Waals surface area contributed by atoms with Crippen LogP contribution in [0.2, 0.25) is 0 Å². The van der Waals surface area contributed by atoms with E-state index in [1.165, 1.54) is 0 Å². The van der Waals surface area contributed by atoms with Gasteiger partial charge in [0.05, 0.1) is 6.10 Å². The van der Waals surface area contributed by atoms with Crippen molar-refractivity contribution in [2.75, 3.05) is 32.1 Å². The molecule has 1 aliphatic rings. The molecular weight excluding hydrogens is 252 g/mol. The minimum absolute atomic E-state index is 0.109. The molecule has 1 saturated heterocycles. The lowest BCUT2D eigenvalue weighted by molar-refractivity contribution is 0.0269. The zero-order valence-electron chi connectivity index (χ0n) is 12.6. The Morgan fingerprint density at radius 3 is 2.95 bits per heavy atom. The lowest BCUT2D eigenvalue weighted by Gasteiger charge is -2.32. The molecule has 1 atom stereocenters. The van der Waals surface area contributed by atoms with E-state index in [4.69, 9.17) is 4.74 Å². The van der Waals surface area contributed by atoms with Crippen LogP contribution in [-0.2, 0) is 4.74 Å². The van der Waals surface area contributed by atoms with Crippen molar-refractivity contribution in [3.8, 4) is 0 Å². The smallest absolute Gasteiger partial charge is 0.253 e. The maximum absolute atomic E-state index is 12.5. The summed E-state index contributed by atoms with van der Waals surface area (Å²) in [5.41, 5.74) is 2.97. The van der Waals surface area contributed by atoms with E-state index in [0.717, 1.165) is 42.7 Å². The first-order valence-electron chi connectivity index (χ1n) is 7.32. The minimum Gasteiger partial charge on any atom is -0.385 e. The number of amides is 1. The van der Waals surface area contributed by atoms with Gasteiger partial charge >= 0.3 is 0 Å². The van der Waals surface area contributed by atoms with E-state index < -0.39 is 0 Å². The number of benzene rings is 1. The van der Waals surface area contributed by atoms with E-state index in [2.05, 4.69) is 12.2 Å². The Morgan fingerprint density at radius 1 is 1.50 bits per heavy atom. The quantitative estimate of drug-likeness (QED) is 0.919. The number of hydrogen-bond donors (Lipinski definition) is 1. The number of piperidine rings is 1. The van der Waals surface area contributed by atoms with Crippen molar-refractivity contribution < 1.29 is 9.53 Å². The van der Waals surface area contributed by atoms with Gasteiger partial charge in [-0.1, -0.05) is 0 Å². The standard InChI is InChI=1S/C16H24N2O2/c1-4-17-15-8-7-13(10-12(15)2)16(19)18-9-5-6-14(11-18)20-3/h7-8,10,14,17H,4-6,9,11H2,1-3H3. The molecule has 1 aromatic carbocycles. The number of likely N-dealkylation sites (tertiary alicyclic amines) is 1. The summed E-state index contributed by atoms with van der Waals surface area (Å²) >= 11 is 0. The molecule has 2 rings (SSSR count). The molecule has 20 heavy (non-hydrogen) atoms. The van der Waals surface area contributed by atoms with Crippen LogP contribution in [0.15, 0.2) is 18.2 Å². The normalized spacial score (nSPS) is 18.9. The van der Waals surface area contributed by atoms with Crippen LogP contribution in [0.1, 0.15) is 35.7 Å². The van der Waals surface area contributed by atoms with E-state index in [9.17, 15) is 4.79 Å². The first-order chi connectivity index (χ1) is 9.65. The summed E-state index contributed by atoms with van der Waals surface area (Å²) in [5.74, 6) is 0.109. The van der Waals surface area contributed by atoms with Gasteiger partial charge in [-0.25, -0.2) is 0 Å². The molecule has 1 aliphatic heterocycles. The molecule has 1 unspecified atom stereocenters. The molecule has 1 amide bonds. The van der Waals surface area contributed by atoms with Crippen LogP contribution in [0, 0.1) is 6.92 Å². The minimum atomic E-state index is 0.109. The van der Waals surface area contributed by atoms with Gasteiger partial charge in [-0.05, 0) is 50.5 Å². The molecule has 1 aromatic rings. The summed E-state index contributed by atoms with van der Waals surface area (Å²) < 4.78 is 5.38. The number of methoxy groups -OCH3 is 1. The third kappa shape index (κ3) is 3.31. The maximum Gasteiger partial charge on any atom is 0.253 e. The first-order valence-corrected chi connectivity index (χ1v) is 7.32. The van der Waals surface area contributed by atoms with E-state index in [-0.39, 0.29) is 12.0 Å². The molecule has 0 radical (unpaired) electrons. The summed E-state index contributed by atoms with van der Waals surface area (Å²) in [4.78, 5) is 14.4. The lowest BCUT2D eigenvalue weighted by Crippen LogP contribution is -2.42. The zero-order chi connectivity index (χ0) is 14.5. The Morgan fingerprint density at radius 2 is 2.30 bits per heavy atom. The number of nitrogens with zero attached hydrogens (tertiary/aromatic N) is 1. The third-order valence-electron chi connectivity index (χ3n) is 3.84. The second kappa shape index (κ2) is 6.75. The van der Waals surface area contributed by atoms with Crippen molar-refractivity contribution in [1.29, 1.82) is 0 Å². The van der Waals surface area contributed by atoms with Crippen LogP contribution < -0.4 is 5.32 Å². The second-order valence-corrected chi connectivity index (χ2v) is 5.31. The third-order valence-corrected chi connectivity index (χ3v) is 3.84. The van der Waals surface area contributed by atoms with E-state index in [1.54, 1.807) is 7.11 Å². The van der Waals surface area contributed by atoms with Gasteiger partial charge in [-0.3, -0.25) is 4.79 Å². The number of carbonyl (C=O) groups excluding carboxylic acids is 1. The van der Waals surface area contributed by atoms with Crippen LogP contribution >= 0.6 is 0 Å². The van der Waals surface area contributed by atoms with Crippen molar-refractivity contribution in [2.45, 2.75) is 32.8 Å². The van der Waals surface area contributed by atoms with Crippen LogP contribution in [0.25, 0.3) is 0 Å². The number of anilines is 1. The fourth-order valence-corrected chi connectivity index (χ4v) is 2.68. The number of aryl methyl sites for hydroxylation is 1. The Bertz CT molecular complexity index is 474. The molecule has 4 heteroatoms.